The van der Waals surface area contributed by atoms with Gasteiger partial charge in [-0.15, -0.1) is 0 Å². The zero-order chi connectivity index (χ0) is 17.4. The maximum absolute atomic E-state index is 13.5. The van der Waals surface area contributed by atoms with E-state index in [9.17, 15) is 34.8 Å². The second kappa shape index (κ2) is 6.31. The van der Waals surface area contributed by atoms with E-state index in [1.165, 1.54) is 4.72 Å². The molecule has 2 rings (SSSR count). The minimum Gasteiger partial charge on any atom is -0.207 e. The molecule has 1 saturated carbocycles. The molecular weight excluding hydrogens is 348 g/mol. The molecule has 1 aromatic carbocycles. The molecule has 1 fully saturated rings. The Balaban J connectivity index is 2.36. The molecule has 0 radical (unpaired) electrons. The number of alkyl halides is 3. The Morgan fingerprint density at radius 3 is 2.04 bits per heavy atom. The third-order valence-electron chi connectivity index (χ3n) is 3.77. The molecule has 10 heteroatoms. The van der Waals surface area contributed by atoms with Crippen molar-refractivity contribution in [2.75, 3.05) is 0 Å². The number of rotatable bonds is 4. The lowest BCUT2D eigenvalue weighted by atomic mass is 9.99. The molecule has 0 spiro atoms. The van der Waals surface area contributed by atoms with Crippen LogP contribution < -0.4 is 4.72 Å². The van der Waals surface area contributed by atoms with E-state index in [0.29, 0.717) is 12.8 Å². The van der Waals surface area contributed by atoms with Crippen molar-refractivity contribution in [2.24, 2.45) is 5.92 Å². The highest BCUT2D eigenvalue weighted by molar-refractivity contribution is 7.89. The van der Waals surface area contributed by atoms with Crippen LogP contribution in [-0.2, 0) is 10.0 Å². The first-order chi connectivity index (χ1) is 10.5. The summed E-state index contributed by atoms with van der Waals surface area (Å²) in [7, 11) is -5.00. The number of nitrogens with one attached hydrogen (secondary N) is 1. The van der Waals surface area contributed by atoms with Gasteiger partial charge in [-0.25, -0.2) is 21.6 Å². The predicted molar refractivity (Wildman–Crippen MR) is 68.4 cm³/mol. The molecule has 130 valence electrons. The summed E-state index contributed by atoms with van der Waals surface area (Å²) < 4.78 is 104. The van der Waals surface area contributed by atoms with E-state index in [1.807, 2.05) is 0 Å². The zero-order valence-corrected chi connectivity index (χ0v) is 12.4. The SMILES string of the molecule is O=S(=O)(N[C@H](C1CCCC1)C(F)(F)F)c1cc(F)c(F)cc1F. The van der Waals surface area contributed by atoms with Gasteiger partial charge in [-0.2, -0.15) is 17.9 Å². The van der Waals surface area contributed by atoms with Crippen LogP contribution in [0.25, 0.3) is 0 Å². The maximum Gasteiger partial charge on any atom is 0.405 e. The fraction of sp³-hybridized carbons (Fsp3) is 0.538. The van der Waals surface area contributed by atoms with E-state index in [4.69, 9.17) is 0 Å². The monoisotopic (exact) mass is 361 g/mol. The molecule has 3 nitrogen and oxygen atoms in total. The molecular formula is C13H13F6NO2S. The molecule has 0 unspecified atom stereocenters. The quantitative estimate of drug-likeness (QED) is 0.659. The van der Waals surface area contributed by atoms with Crippen LogP contribution in [0.5, 0.6) is 0 Å². The first kappa shape index (κ1) is 18.1. The lowest BCUT2D eigenvalue weighted by Crippen LogP contribution is -2.49. The Hall–Kier alpha value is -1.29. The third kappa shape index (κ3) is 3.97. The van der Waals surface area contributed by atoms with Crippen molar-refractivity contribution in [1.29, 1.82) is 0 Å². The molecule has 0 heterocycles. The predicted octanol–water partition coefficient (Wildman–Crippen LogP) is 3.50. The van der Waals surface area contributed by atoms with Gasteiger partial charge in [0.05, 0.1) is 0 Å². The van der Waals surface area contributed by atoms with E-state index in [0.717, 1.165) is 0 Å². The smallest absolute Gasteiger partial charge is 0.207 e. The Labute approximate surface area is 128 Å². The van der Waals surface area contributed by atoms with Crippen molar-refractivity contribution >= 4 is 10.0 Å². The van der Waals surface area contributed by atoms with Gasteiger partial charge in [-0.1, -0.05) is 12.8 Å². The molecule has 1 aliphatic rings. The summed E-state index contributed by atoms with van der Waals surface area (Å²) in [4.78, 5) is -1.36. The normalized spacial score (nSPS) is 18.3. The first-order valence-electron chi connectivity index (χ1n) is 6.76. The maximum atomic E-state index is 13.5. The van der Waals surface area contributed by atoms with Gasteiger partial charge in [-0.05, 0) is 24.8 Å². The highest BCUT2D eigenvalue weighted by Crippen LogP contribution is 2.36. The summed E-state index contributed by atoms with van der Waals surface area (Å²) in [5.74, 6) is -5.94. The average molecular weight is 361 g/mol. The summed E-state index contributed by atoms with van der Waals surface area (Å²) in [5.41, 5.74) is 0. The van der Waals surface area contributed by atoms with Crippen molar-refractivity contribution in [1.82, 2.24) is 4.72 Å². The van der Waals surface area contributed by atoms with Gasteiger partial charge >= 0.3 is 6.18 Å². The molecule has 23 heavy (non-hydrogen) atoms. The van der Waals surface area contributed by atoms with Crippen molar-refractivity contribution in [3.05, 3.63) is 29.6 Å². The van der Waals surface area contributed by atoms with E-state index in [1.54, 1.807) is 0 Å². The van der Waals surface area contributed by atoms with Crippen LogP contribution in [0, 0.1) is 23.4 Å². The molecule has 1 N–H and O–H groups in total. The summed E-state index contributed by atoms with van der Waals surface area (Å²) in [6, 6.07) is -2.40. The van der Waals surface area contributed by atoms with E-state index < -0.39 is 50.5 Å². The Morgan fingerprint density at radius 1 is 1.00 bits per heavy atom. The number of benzene rings is 1. The van der Waals surface area contributed by atoms with Gasteiger partial charge in [0.1, 0.15) is 16.8 Å². The highest BCUT2D eigenvalue weighted by Gasteiger charge is 2.47. The summed E-state index contributed by atoms with van der Waals surface area (Å²) in [5, 5.41) is 0. The van der Waals surface area contributed by atoms with Crippen LogP contribution >= 0.6 is 0 Å². The van der Waals surface area contributed by atoms with Crippen molar-refractivity contribution in [3.63, 3.8) is 0 Å². The molecule has 0 bridgehead atoms. The molecule has 0 aliphatic heterocycles. The minimum atomic E-state index is -5.00. The van der Waals surface area contributed by atoms with Gasteiger partial charge in [0.15, 0.2) is 11.6 Å². The number of hydrogen-bond acceptors (Lipinski definition) is 2. The lowest BCUT2D eigenvalue weighted by molar-refractivity contribution is -0.162. The second-order valence-electron chi connectivity index (χ2n) is 5.38. The number of sulfonamides is 1. The highest BCUT2D eigenvalue weighted by atomic mass is 32.2. The summed E-state index contributed by atoms with van der Waals surface area (Å²) in [6.45, 7) is 0. The van der Waals surface area contributed by atoms with Gasteiger partial charge in [0, 0.05) is 6.07 Å². The fourth-order valence-corrected chi connectivity index (χ4v) is 4.02. The average Bonchev–Trinajstić information content (AvgIpc) is 2.92. The second-order valence-corrected chi connectivity index (χ2v) is 7.06. The van der Waals surface area contributed by atoms with E-state index >= 15 is 0 Å². The van der Waals surface area contributed by atoms with Crippen molar-refractivity contribution in [3.8, 4) is 0 Å². The van der Waals surface area contributed by atoms with Gasteiger partial charge in [0.2, 0.25) is 10.0 Å². The minimum absolute atomic E-state index is 0.0229. The van der Waals surface area contributed by atoms with Gasteiger partial charge in [-0.3, -0.25) is 0 Å². The zero-order valence-electron chi connectivity index (χ0n) is 11.6. The molecule has 0 saturated heterocycles. The molecule has 0 amide bonds. The van der Waals surface area contributed by atoms with Crippen LogP contribution in [-0.4, -0.2) is 20.6 Å². The van der Waals surface area contributed by atoms with Gasteiger partial charge < -0.3 is 0 Å². The molecule has 1 aliphatic carbocycles. The summed E-state index contributed by atoms with van der Waals surface area (Å²) in [6.07, 6.45) is -3.48. The molecule has 1 aromatic rings. The topological polar surface area (TPSA) is 46.2 Å². The van der Waals surface area contributed by atoms with Gasteiger partial charge in [0.25, 0.3) is 0 Å². The first-order valence-corrected chi connectivity index (χ1v) is 8.24. The Kier molecular flexibility index (Phi) is 4.95. The van der Waals surface area contributed by atoms with Crippen molar-refractivity contribution < 1.29 is 34.8 Å². The largest absolute Gasteiger partial charge is 0.405 e. The van der Waals surface area contributed by atoms with Crippen LogP contribution in [0.3, 0.4) is 0 Å². The van der Waals surface area contributed by atoms with Crippen LogP contribution in [0.15, 0.2) is 17.0 Å². The third-order valence-corrected chi connectivity index (χ3v) is 5.23. The Bertz CT molecular complexity index is 682. The Morgan fingerprint density at radius 2 is 1.52 bits per heavy atom. The van der Waals surface area contributed by atoms with E-state index in [2.05, 4.69) is 0 Å². The van der Waals surface area contributed by atoms with Crippen LogP contribution in [0.2, 0.25) is 0 Å². The van der Waals surface area contributed by atoms with Crippen LogP contribution in [0.1, 0.15) is 25.7 Å². The van der Waals surface area contributed by atoms with Crippen LogP contribution in [0.4, 0.5) is 26.3 Å². The summed E-state index contributed by atoms with van der Waals surface area (Å²) >= 11 is 0. The lowest BCUT2D eigenvalue weighted by Gasteiger charge is -2.26. The number of hydrogen-bond donors (Lipinski definition) is 1. The van der Waals surface area contributed by atoms with E-state index in [-0.39, 0.29) is 25.0 Å². The standard InChI is InChI=1S/C13H13F6NO2S/c14-8-5-10(16)11(6-9(8)15)23(21,22)20-12(13(17,18)19)7-3-1-2-4-7/h5-7,12,20H,1-4H2/t12-/m1/s1. The molecule has 1 atom stereocenters. The number of halogens is 6. The molecule has 0 aromatic heterocycles. The van der Waals surface area contributed by atoms with Crippen molar-refractivity contribution in [2.45, 2.75) is 42.8 Å². The fourth-order valence-electron chi connectivity index (χ4n) is 2.66.